The standard InChI is InChI=1S/C18H21N3O2/c1-20(13-18(22)21(2)15-6-7-15)14-8-10-16(11-9-14)23-17-5-3-4-12-19-17/h3-5,8-12,15H,6-7,13H2,1-2H3. The summed E-state index contributed by atoms with van der Waals surface area (Å²) in [6.45, 7) is 0.382. The zero-order valence-corrected chi connectivity index (χ0v) is 13.5. The van der Waals surface area contributed by atoms with E-state index in [2.05, 4.69) is 4.98 Å². The summed E-state index contributed by atoms with van der Waals surface area (Å²) in [4.78, 5) is 20.1. The van der Waals surface area contributed by atoms with Crippen molar-refractivity contribution in [2.45, 2.75) is 18.9 Å². The summed E-state index contributed by atoms with van der Waals surface area (Å²) >= 11 is 0. The lowest BCUT2D eigenvalue weighted by molar-refractivity contribution is -0.128. The van der Waals surface area contributed by atoms with Gasteiger partial charge in [-0.3, -0.25) is 4.79 Å². The van der Waals surface area contributed by atoms with Crippen LogP contribution in [0.1, 0.15) is 12.8 Å². The van der Waals surface area contributed by atoms with Crippen molar-refractivity contribution in [2.75, 3.05) is 25.5 Å². The third-order valence-corrected chi connectivity index (χ3v) is 4.00. The molecule has 1 fully saturated rings. The normalized spacial score (nSPS) is 13.5. The van der Waals surface area contributed by atoms with Crippen LogP contribution in [0.5, 0.6) is 11.6 Å². The van der Waals surface area contributed by atoms with E-state index >= 15 is 0 Å². The van der Waals surface area contributed by atoms with Gasteiger partial charge in [0.15, 0.2) is 0 Å². The average molecular weight is 311 g/mol. The Hall–Kier alpha value is -2.56. The number of ether oxygens (including phenoxy) is 1. The first-order chi connectivity index (χ1) is 11.1. The van der Waals surface area contributed by atoms with Gasteiger partial charge in [0.2, 0.25) is 11.8 Å². The fourth-order valence-electron chi connectivity index (χ4n) is 2.37. The third kappa shape index (κ3) is 4.00. The van der Waals surface area contributed by atoms with Gasteiger partial charge in [0, 0.05) is 38.1 Å². The van der Waals surface area contributed by atoms with Crippen LogP contribution < -0.4 is 9.64 Å². The highest BCUT2D eigenvalue weighted by molar-refractivity contribution is 5.81. The van der Waals surface area contributed by atoms with Crippen LogP contribution in [-0.4, -0.2) is 42.5 Å². The lowest BCUT2D eigenvalue weighted by Gasteiger charge is -2.23. The SMILES string of the molecule is CN(CC(=O)N(C)C1CC1)c1ccc(Oc2ccccn2)cc1. The van der Waals surface area contributed by atoms with Crippen molar-refractivity contribution in [1.82, 2.24) is 9.88 Å². The summed E-state index contributed by atoms with van der Waals surface area (Å²) in [6.07, 6.45) is 3.95. The topological polar surface area (TPSA) is 45.7 Å². The second kappa shape index (κ2) is 6.69. The van der Waals surface area contributed by atoms with E-state index < -0.39 is 0 Å². The minimum Gasteiger partial charge on any atom is -0.439 e. The van der Waals surface area contributed by atoms with Crippen molar-refractivity contribution in [2.24, 2.45) is 0 Å². The van der Waals surface area contributed by atoms with E-state index in [0.29, 0.717) is 18.5 Å². The molecule has 0 radical (unpaired) electrons. The van der Waals surface area contributed by atoms with Gasteiger partial charge in [0.1, 0.15) is 5.75 Å². The maximum Gasteiger partial charge on any atom is 0.242 e. The molecular weight excluding hydrogens is 290 g/mol. The number of carbonyl (C=O) groups is 1. The molecule has 0 N–H and O–H groups in total. The van der Waals surface area contributed by atoms with Gasteiger partial charge in [-0.25, -0.2) is 4.98 Å². The minimum absolute atomic E-state index is 0.156. The average Bonchev–Trinajstić information content (AvgIpc) is 3.40. The Labute approximate surface area is 136 Å². The van der Waals surface area contributed by atoms with Crippen LogP contribution in [0.25, 0.3) is 0 Å². The number of aromatic nitrogens is 1. The van der Waals surface area contributed by atoms with E-state index in [-0.39, 0.29) is 5.91 Å². The van der Waals surface area contributed by atoms with Gasteiger partial charge in [-0.2, -0.15) is 0 Å². The first-order valence-corrected chi connectivity index (χ1v) is 7.79. The number of rotatable bonds is 6. The van der Waals surface area contributed by atoms with Crippen molar-refractivity contribution >= 4 is 11.6 Å². The van der Waals surface area contributed by atoms with Crippen molar-refractivity contribution in [3.05, 3.63) is 48.7 Å². The molecule has 5 nitrogen and oxygen atoms in total. The molecule has 0 unspecified atom stereocenters. The first kappa shape index (κ1) is 15.3. The molecule has 120 valence electrons. The second-order valence-corrected chi connectivity index (χ2v) is 5.86. The van der Waals surface area contributed by atoms with Crippen LogP contribution in [0.4, 0.5) is 5.69 Å². The lowest BCUT2D eigenvalue weighted by atomic mass is 10.2. The molecular formula is C18H21N3O2. The van der Waals surface area contributed by atoms with Gasteiger partial charge in [0.05, 0.1) is 6.54 Å². The molecule has 5 heteroatoms. The van der Waals surface area contributed by atoms with Crippen LogP contribution in [0.15, 0.2) is 48.7 Å². The first-order valence-electron chi connectivity index (χ1n) is 7.79. The molecule has 1 aliphatic rings. The summed E-state index contributed by atoms with van der Waals surface area (Å²) < 4.78 is 5.67. The molecule has 1 amide bonds. The number of amides is 1. The van der Waals surface area contributed by atoms with Crippen molar-refractivity contribution in [3.63, 3.8) is 0 Å². The van der Waals surface area contributed by atoms with Crippen molar-refractivity contribution < 1.29 is 9.53 Å². The number of pyridine rings is 1. The van der Waals surface area contributed by atoms with Crippen LogP contribution >= 0.6 is 0 Å². The summed E-state index contributed by atoms with van der Waals surface area (Å²) in [5, 5.41) is 0. The Balaban J connectivity index is 1.58. The van der Waals surface area contributed by atoms with Crippen molar-refractivity contribution in [3.8, 4) is 11.6 Å². The fraction of sp³-hybridized carbons (Fsp3) is 0.333. The molecule has 1 aromatic carbocycles. The largest absolute Gasteiger partial charge is 0.439 e. The molecule has 23 heavy (non-hydrogen) atoms. The van der Waals surface area contributed by atoms with Gasteiger partial charge in [0.25, 0.3) is 0 Å². The number of likely N-dealkylation sites (N-methyl/N-ethyl adjacent to an activating group) is 2. The number of anilines is 1. The zero-order valence-electron chi connectivity index (χ0n) is 13.5. The second-order valence-electron chi connectivity index (χ2n) is 5.86. The van der Waals surface area contributed by atoms with E-state index in [1.54, 1.807) is 6.20 Å². The molecule has 0 bridgehead atoms. The van der Waals surface area contributed by atoms with E-state index in [4.69, 9.17) is 4.74 Å². The van der Waals surface area contributed by atoms with Gasteiger partial charge in [-0.15, -0.1) is 0 Å². The summed E-state index contributed by atoms with van der Waals surface area (Å²) in [6, 6.07) is 13.7. The van der Waals surface area contributed by atoms with E-state index in [0.717, 1.165) is 24.3 Å². The quantitative estimate of drug-likeness (QED) is 0.823. The van der Waals surface area contributed by atoms with E-state index in [1.807, 2.05) is 66.4 Å². The minimum atomic E-state index is 0.156. The van der Waals surface area contributed by atoms with Gasteiger partial charge >= 0.3 is 0 Å². The van der Waals surface area contributed by atoms with E-state index in [1.165, 1.54) is 0 Å². The molecule has 1 saturated carbocycles. The highest BCUT2D eigenvalue weighted by Gasteiger charge is 2.29. The van der Waals surface area contributed by atoms with Crippen LogP contribution in [0.3, 0.4) is 0 Å². The fourth-order valence-corrected chi connectivity index (χ4v) is 2.37. The number of benzene rings is 1. The monoisotopic (exact) mass is 311 g/mol. The van der Waals surface area contributed by atoms with Crippen LogP contribution in [0, 0.1) is 0 Å². The Morgan fingerprint density at radius 1 is 1.17 bits per heavy atom. The molecule has 1 aromatic heterocycles. The molecule has 3 rings (SSSR count). The van der Waals surface area contributed by atoms with Crippen LogP contribution in [0.2, 0.25) is 0 Å². The van der Waals surface area contributed by atoms with Crippen LogP contribution in [-0.2, 0) is 4.79 Å². The zero-order chi connectivity index (χ0) is 16.2. The van der Waals surface area contributed by atoms with Gasteiger partial charge in [-0.1, -0.05) is 6.07 Å². The Bertz CT molecular complexity index is 654. The number of nitrogens with zero attached hydrogens (tertiary/aromatic N) is 3. The highest BCUT2D eigenvalue weighted by Crippen LogP contribution is 2.26. The van der Waals surface area contributed by atoms with E-state index in [9.17, 15) is 4.79 Å². The maximum atomic E-state index is 12.2. The summed E-state index contributed by atoms with van der Waals surface area (Å²) in [5.74, 6) is 1.45. The summed E-state index contributed by atoms with van der Waals surface area (Å²) in [5.41, 5.74) is 0.982. The predicted molar refractivity (Wildman–Crippen MR) is 89.8 cm³/mol. The maximum absolute atomic E-state index is 12.2. The number of hydrogen-bond donors (Lipinski definition) is 0. The summed E-state index contributed by atoms with van der Waals surface area (Å²) in [7, 11) is 3.81. The Kier molecular flexibility index (Phi) is 4.46. The molecule has 0 aliphatic heterocycles. The van der Waals surface area contributed by atoms with Gasteiger partial charge in [-0.05, 0) is 43.2 Å². The molecule has 0 atom stereocenters. The van der Waals surface area contributed by atoms with Gasteiger partial charge < -0.3 is 14.5 Å². The molecule has 0 saturated heterocycles. The number of carbonyl (C=O) groups excluding carboxylic acids is 1. The molecule has 2 aromatic rings. The Morgan fingerprint density at radius 3 is 2.52 bits per heavy atom. The Morgan fingerprint density at radius 2 is 1.91 bits per heavy atom. The third-order valence-electron chi connectivity index (χ3n) is 4.00. The van der Waals surface area contributed by atoms with Crippen molar-refractivity contribution in [1.29, 1.82) is 0 Å². The molecule has 1 heterocycles. The highest BCUT2D eigenvalue weighted by atomic mass is 16.5. The molecule has 0 spiro atoms. The lowest BCUT2D eigenvalue weighted by Crippen LogP contribution is -2.37. The molecule has 1 aliphatic carbocycles. The number of hydrogen-bond acceptors (Lipinski definition) is 4. The predicted octanol–water partition coefficient (Wildman–Crippen LogP) is 2.93. The smallest absolute Gasteiger partial charge is 0.242 e.